The number of hydrogen-bond acceptors (Lipinski definition) is 7. The van der Waals surface area contributed by atoms with Crippen LogP contribution in [0.15, 0.2) is 24.3 Å². The highest BCUT2D eigenvalue weighted by Crippen LogP contribution is 2.20. The van der Waals surface area contributed by atoms with Gasteiger partial charge in [0.15, 0.2) is 0 Å². The van der Waals surface area contributed by atoms with Crippen molar-refractivity contribution < 1.29 is 28.6 Å². The van der Waals surface area contributed by atoms with E-state index in [0.29, 0.717) is 45.0 Å². The highest BCUT2D eigenvalue weighted by Gasteiger charge is 2.13. The van der Waals surface area contributed by atoms with Gasteiger partial charge < -0.3 is 19.1 Å². The van der Waals surface area contributed by atoms with Crippen molar-refractivity contribution in [1.82, 2.24) is 4.90 Å². The van der Waals surface area contributed by atoms with E-state index in [1.807, 2.05) is 12.2 Å². The molecule has 0 spiro atoms. The van der Waals surface area contributed by atoms with Gasteiger partial charge in [0.2, 0.25) is 0 Å². The van der Waals surface area contributed by atoms with E-state index >= 15 is 0 Å². The zero-order valence-corrected chi connectivity index (χ0v) is 33.2. The highest BCUT2D eigenvalue weighted by molar-refractivity contribution is 5.70. The zero-order valence-electron chi connectivity index (χ0n) is 33.2. The van der Waals surface area contributed by atoms with Crippen molar-refractivity contribution in [2.24, 2.45) is 5.92 Å². The number of rotatable bonds is 37. The average molecular weight is 706 g/mol. The summed E-state index contributed by atoms with van der Waals surface area (Å²) in [5.41, 5.74) is 0. The van der Waals surface area contributed by atoms with Crippen molar-refractivity contribution in [3.63, 3.8) is 0 Å². The molecule has 0 aromatic heterocycles. The molecular formula is C43H79NO6. The first-order chi connectivity index (χ1) is 24.4. The third-order valence-electron chi connectivity index (χ3n) is 9.17. The van der Waals surface area contributed by atoms with Gasteiger partial charge in [0, 0.05) is 19.3 Å². The maximum Gasteiger partial charge on any atom is 0.306 e. The quantitative estimate of drug-likeness (QED) is 0.0275. The molecular weight excluding hydrogens is 626 g/mol. The van der Waals surface area contributed by atoms with Crippen LogP contribution < -0.4 is 0 Å². The molecule has 0 radical (unpaired) electrons. The summed E-state index contributed by atoms with van der Waals surface area (Å²) in [5, 5.41) is 0. The third-order valence-corrected chi connectivity index (χ3v) is 9.17. The molecule has 0 aromatic rings. The van der Waals surface area contributed by atoms with E-state index in [9.17, 15) is 14.4 Å². The molecule has 0 N–H and O–H groups in total. The SMILES string of the molecule is CCCCCC/C=C\COC(=O)CCCCCCCC(CCCCCCCC(=O)OC/C=C\CCCCCC)COC(=O)CCCCN(C)C. The first-order valence-electron chi connectivity index (χ1n) is 20.8. The van der Waals surface area contributed by atoms with E-state index in [4.69, 9.17) is 14.2 Å². The van der Waals surface area contributed by atoms with Crippen LogP contribution in [0.4, 0.5) is 0 Å². The summed E-state index contributed by atoms with van der Waals surface area (Å²) < 4.78 is 16.4. The molecule has 0 aliphatic heterocycles. The van der Waals surface area contributed by atoms with Gasteiger partial charge in [0.1, 0.15) is 13.2 Å². The molecule has 0 fully saturated rings. The van der Waals surface area contributed by atoms with E-state index in [2.05, 4.69) is 45.0 Å². The minimum Gasteiger partial charge on any atom is -0.465 e. The molecule has 0 saturated heterocycles. The summed E-state index contributed by atoms with van der Waals surface area (Å²) in [5.74, 6) is 0.128. The van der Waals surface area contributed by atoms with Crippen LogP contribution >= 0.6 is 0 Å². The van der Waals surface area contributed by atoms with Crippen molar-refractivity contribution in [1.29, 1.82) is 0 Å². The van der Waals surface area contributed by atoms with Crippen LogP contribution in [0.25, 0.3) is 0 Å². The number of hydrogen-bond donors (Lipinski definition) is 0. The first-order valence-corrected chi connectivity index (χ1v) is 20.8. The maximum atomic E-state index is 12.4. The van der Waals surface area contributed by atoms with Crippen molar-refractivity contribution >= 4 is 17.9 Å². The van der Waals surface area contributed by atoms with Crippen LogP contribution in [-0.2, 0) is 28.6 Å². The Bertz CT molecular complexity index is 787. The Hall–Kier alpha value is -2.15. The highest BCUT2D eigenvalue weighted by atomic mass is 16.5. The Morgan fingerprint density at radius 1 is 0.480 bits per heavy atom. The number of ether oxygens (including phenoxy) is 3. The van der Waals surface area contributed by atoms with Gasteiger partial charge in [0.05, 0.1) is 6.61 Å². The van der Waals surface area contributed by atoms with Crippen LogP contribution in [0, 0.1) is 5.92 Å². The maximum absolute atomic E-state index is 12.4. The zero-order chi connectivity index (χ0) is 36.8. The molecule has 0 rings (SSSR count). The Balaban J connectivity index is 4.18. The molecule has 7 nitrogen and oxygen atoms in total. The molecule has 0 aliphatic carbocycles. The summed E-state index contributed by atoms with van der Waals surface area (Å²) in [4.78, 5) is 38.5. The van der Waals surface area contributed by atoms with Gasteiger partial charge >= 0.3 is 17.9 Å². The van der Waals surface area contributed by atoms with Crippen molar-refractivity contribution in [2.45, 2.75) is 187 Å². The number of nitrogens with zero attached hydrogens (tertiary/aromatic N) is 1. The number of carbonyl (C=O) groups excluding carboxylic acids is 3. The second-order valence-corrected chi connectivity index (χ2v) is 14.4. The third kappa shape index (κ3) is 37.1. The summed E-state index contributed by atoms with van der Waals surface area (Å²) in [6.07, 6.45) is 36.4. The van der Waals surface area contributed by atoms with Crippen molar-refractivity contribution in [2.75, 3.05) is 40.5 Å². The number of esters is 3. The predicted octanol–water partition coefficient (Wildman–Crippen LogP) is 11.5. The van der Waals surface area contributed by atoms with E-state index < -0.39 is 0 Å². The normalized spacial score (nSPS) is 11.7. The monoisotopic (exact) mass is 706 g/mol. The molecule has 0 heterocycles. The Morgan fingerprint density at radius 3 is 1.34 bits per heavy atom. The van der Waals surface area contributed by atoms with Crippen molar-refractivity contribution in [3.8, 4) is 0 Å². The van der Waals surface area contributed by atoms with Crippen LogP contribution in [0.5, 0.6) is 0 Å². The van der Waals surface area contributed by atoms with E-state index in [0.717, 1.165) is 109 Å². The van der Waals surface area contributed by atoms with Gasteiger partial charge in [-0.2, -0.15) is 0 Å². The van der Waals surface area contributed by atoms with Crippen LogP contribution in [0.3, 0.4) is 0 Å². The molecule has 0 amide bonds. The minimum atomic E-state index is -0.0969. The minimum absolute atomic E-state index is 0.0718. The number of carbonyl (C=O) groups is 3. The summed E-state index contributed by atoms with van der Waals surface area (Å²) >= 11 is 0. The lowest BCUT2D eigenvalue weighted by Gasteiger charge is -2.17. The first kappa shape index (κ1) is 47.8. The molecule has 0 aliphatic rings. The van der Waals surface area contributed by atoms with E-state index in [1.165, 1.54) is 51.4 Å². The molecule has 0 saturated carbocycles. The second-order valence-electron chi connectivity index (χ2n) is 14.4. The molecule has 7 heteroatoms. The summed E-state index contributed by atoms with van der Waals surface area (Å²) in [6, 6.07) is 0. The van der Waals surface area contributed by atoms with Gasteiger partial charge in [-0.15, -0.1) is 0 Å². The van der Waals surface area contributed by atoms with E-state index in [-0.39, 0.29) is 17.9 Å². The van der Waals surface area contributed by atoms with Gasteiger partial charge in [-0.05, 0) is 90.8 Å². The molecule has 0 atom stereocenters. The lowest BCUT2D eigenvalue weighted by molar-refractivity contribution is -0.145. The summed E-state index contributed by atoms with van der Waals surface area (Å²) in [7, 11) is 4.11. The topological polar surface area (TPSA) is 82.1 Å². The molecule has 50 heavy (non-hydrogen) atoms. The van der Waals surface area contributed by atoms with Gasteiger partial charge in [-0.3, -0.25) is 14.4 Å². The van der Waals surface area contributed by atoms with Gasteiger partial charge in [-0.25, -0.2) is 0 Å². The number of allylic oxidation sites excluding steroid dienone is 2. The Morgan fingerprint density at radius 2 is 0.880 bits per heavy atom. The van der Waals surface area contributed by atoms with Crippen LogP contribution in [-0.4, -0.2) is 63.3 Å². The lowest BCUT2D eigenvalue weighted by atomic mass is 9.94. The predicted molar refractivity (Wildman–Crippen MR) is 209 cm³/mol. The molecule has 0 unspecified atom stereocenters. The molecule has 0 bridgehead atoms. The van der Waals surface area contributed by atoms with Crippen LogP contribution in [0.1, 0.15) is 187 Å². The van der Waals surface area contributed by atoms with Crippen molar-refractivity contribution in [3.05, 3.63) is 24.3 Å². The van der Waals surface area contributed by atoms with Crippen LogP contribution in [0.2, 0.25) is 0 Å². The lowest BCUT2D eigenvalue weighted by Crippen LogP contribution is -2.16. The Labute approximate surface area is 308 Å². The number of unbranched alkanes of at least 4 members (excludes halogenated alkanes) is 17. The largest absolute Gasteiger partial charge is 0.465 e. The summed E-state index contributed by atoms with van der Waals surface area (Å²) in [6.45, 7) is 6.72. The fourth-order valence-electron chi connectivity index (χ4n) is 5.93. The Kier molecular flexibility index (Phi) is 36.5. The average Bonchev–Trinajstić information content (AvgIpc) is 3.09. The van der Waals surface area contributed by atoms with Gasteiger partial charge in [-0.1, -0.05) is 128 Å². The second kappa shape index (κ2) is 38.1. The smallest absolute Gasteiger partial charge is 0.306 e. The molecule has 0 aromatic carbocycles. The van der Waals surface area contributed by atoms with E-state index in [1.54, 1.807) is 0 Å². The fraction of sp³-hybridized carbons (Fsp3) is 0.837. The molecule has 292 valence electrons. The fourth-order valence-corrected chi connectivity index (χ4v) is 5.93. The standard InChI is InChI=1S/C43H79NO6/c1-5-7-9-11-13-21-29-37-48-41(45)33-25-19-15-17-23-31-40(39-50-43(47)35-27-28-36-44(3)4)32-24-18-16-20-26-34-42(46)49-38-30-22-14-12-10-8-6-2/h21-22,29-30,40H,5-20,23-28,31-39H2,1-4H3/b29-21-,30-22-. The van der Waals surface area contributed by atoms with Gasteiger partial charge in [0.25, 0.3) is 0 Å².